The number of hydrogen-bond donors (Lipinski definition) is 2. The van der Waals surface area contributed by atoms with Gasteiger partial charge in [-0.15, -0.1) is 0 Å². The quantitative estimate of drug-likeness (QED) is 0.161. The summed E-state index contributed by atoms with van der Waals surface area (Å²) in [5.74, 6) is -0.957. The number of benzene rings is 3. The molecule has 2 aliphatic carbocycles. The van der Waals surface area contributed by atoms with Crippen molar-refractivity contribution in [2.75, 3.05) is 4.90 Å². The molecule has 0 spiro atoms. The number of rotatable bonds is 9. The topological polar surface area (TPSA) is 133 Å². The van der Waals surface area contributed by atoms with Gasteiger partial charge in [0, 0.05) is 33.2 Å². The van der Waals surface area contributed by atoms with Crippen molar-refractivity contribution in [1.29, 1.82) is 5.26 Å². The summed E-state index contributed by atoms with van der Waals surface area (Å²) in [6.07, 6.45) is 5.76. The highest BCUT2D eigenvalue weighted by Crippen LogP contribution is 2.48. The molecule has 3 aliphatic rings. The van der Waals surface area contributed by atoms with Crippen LogP contribution >= 0.6 is 34.8 Å². The fourth-order valence-corrected chi connectivity index (χ4v) is 7.58. The average molecular weight is 751 g/mol. The zero-order valence-electron chi connectivity index (χ0n) is 27.8. The van der Waals surface area contributed by atoms with Gasteiger partial charge in [0.05, 0.1) is 34.7 Å². The molecule has 3 amide bonds. The highest BCUT2D eigenvalue weighted by Gasteiger charge is 2.57. The summed E-state index contributed by atoms with van der Waals surface area (Å²) in [4.78, 5) is 53.1. The molecule has 1 atom stereocenters. The third-order valence-electron chi connectivity index (χ3n) is 10.1. The highest BCUT2D eigenvalue weighted by atomic mass is 35.5. The van der Waals surface area contributed by atoms with Crippen LogP contribution in [-0.4, -0.2) is 37.8 Å². The fraction of sp³-hybridized carbons (Fsp3) is 0.231. The van der Waals surface area contributed by atoms with Crippen molar-refractivity contribution in [1.82, 2.24) is 25.2 Å². The number of imidazole rings is 1. The van der Waals surface area contributed by atoms with Crippen molar-refractivity contribution < 1.29 is 14.4 Å². The summed E-state index contributed by atoms with van der Waals surface area (Å²) < 4.78 is 1.61. The van der Waals surface area contributed by atoms with E-state index >= 15 is 0 Å². The molecule has 260 valence electrons. The molecule has 8 rings (SSSR count). The molecule has 2 fully saturated rings. The number of nitrogens with zero attached hydrogens (tertiary/aromatic N) is 5. The Labute approximate surface area is 314 Å². The first kappa shape index (κ1) is 33.9. The van der Waals surface area contributed by atoms with Gasteiger partial charge in [0.1, 0.15) is 16.8 Å². The first-order chi connectivity index (χ1) is 24.9. The predicted octanol–water partition coefficient (Wildman–Crippen LogP) is 7.48. The SMILES string of the molecule is C[C@@]1(Cc2ccc(C#N)cc2)C(=O)N(c2cc(Cl)cc(Cl)c2)c2ncc(C(=O)NC3(C(=O)NC4(c5ccc(-c6ccc(Cl)cc6)cn5)CC4)CC3)n21. The summed E-state index contributed by atoms with van der Waals surface area (Å²) in [6, 6.07) is 25.2. The molecule has 2 saturated carbocycles. The minimum Gasteiger partial charge on any atom is -0.343 e. The van der Waals surface area contributed by atoms with E-state index in [1.807, 2.05) is 36.4 Å². The Kier molecular flexibility index (Phi) is 8.14. The maximum atomic E-state index is 14.4. The molecule has 2 N–H and O–H groups in total. The van der Waals surface area contributed by atoms with Crippen LogP contribution in [0.25, 0.3) is 11.1 Å². The van der Waals surface area contributed by atoms with Crippen molar-refractivity contribution >= 4 is 64.2 Å². The Balaban J connectivity index is 1.06. The van der Waals surface area contributed by atoms with E-state index in [0.29, 0.717) is 39.2 Å². The largest absolute Gasteiger partial charge is 0.343 e. The smallest absolute Gasteiger partial charge is 0.270 e. The summed E-state index contributed by atoms with van der Waals surface area (Å²) in [7, 11) is 0. The van der Waals surface area contributed by atoms with Gasteiger partial charge in [-0.3, -0.25) is 23.9 Å². The van der Waals surface area contributed by atoms with E-state index in [2.05, 4.69) is 21.7 Å². The van der Waals surface area contributed by atoms with E-state index in [4.69, 9.17) is 39.8 Å². The van der Waals surface area contributed by atoms with Gasteiger partial charge in [-0.25, -0.2) is 9.88 Å². The lowest BCUT2D eigenvalue weighted by molar-refractivity contribution is -0.125. The molecular formula is C39H30Cl3N7O3. The Morgan fingerprint density at radius 3 is 2.10 bits per heavy atom. The molecular weight excluding hydrogens is 721 g/mol. The van der Waals surface area contributed by atoms with Crippen LogP contribution < -0.4 is 15.5 Å². The molecule has 5 aromatic rings. The number of nitriles is 1. The molecule has 13 heteroatoms. The highest BCUT2D eigenvalue weighted by molar-refractivity contribution is 6.35. The summed E-state index contributed by atoms with van der Waals surface area (Å²) >= 11 is 18.7. The maximum absolute atomic E-state index is 14.4. The molecule has 3 heterocycles. The number of fused-ring (bicyclic) bond motifs is 1. The average Bonchev–Trinajstić information content (AvgIpc) is 4.03. The number of hydrogen-bond acceptors (Lipinski definition) is 6. The van der Waals surface area contributed by atoms with Gasteiger partial charge in [0.2, 0.25) is 11.9 Å². The van der Waals surface area contributed by atoms with Crippen LogP contribution in [0.2, 0.25) is 15.1 Å². The van der Waals surface area contributed by atoms with Gasteiger partial charge in [0.25, 0.3) is 11.8 Å². The predicted molar refractivity (Wildman–Crippen MR) is 198 cm³/mol. The second kappa shape index (κ2) is 12.5. The number of halogens is 3. The first-order valence-electron chi connectivity index (χ1n) is 16.7. The van der Waals surface area contributed by atoms with Gasteiger partial charge in [-0.1, -0.05) is 65.1 Å². The standard InChI is InChI=1S/C39H30Cl3N7O3/c1-37(19-23-2-4-24(20-43)5-3-23)35(52)48(30-17-28(41)16-29(42)18-30)36-45-22-31(49(36)37)33(50)46-39(14-15-39)34(51)47-38(12-13-38)32-11-8-26(21-44-32)25-6-9-27(40)10-7-25/h2-11,16-18,21-22H,12-15,19H2,1H3,(H,46,50)(H,47,51)/t37-/m1/s1. The number of carbonyl (C=O) groups excluding carboxylic acids is 3. The molecule has 1 aliphatic heterocycles. The molecule has 0 saturated heterocycles. The van der Waals surface area contributed by atoms with E-state index in [-0.39, 0.29) is 29.9 Å². The Morgan fingerprint density at radius 1 is 0.827 bits per heavy atom. The summed E-state index contributed by atoms with van der Waals surface area (Å²) in [6.45, 7) is 1.74. The third-order valence-corrected chi connectivity index (χ3v) is 10.8. The third kappa shape index (κ3) is 5.89. The van der Waals surface area contributed by atoms with E-state index in [1.165, 1.54) is 11.1 Å². The van der Waals surface area contributed by atoms with Crippen LogP contribution in [0.3, 0.4) is 0 Å². The van der Waals surface area contributed by atoms with Gasteiger partial charge in [0.15, 0.2) is 0 Å². The maximum Gasteiger partial charge on any atom is 0.270 e. The normalized spacial score (nSPS) is 19.1. The minimum absolute atomic E-state index is 0.120. The van der Waals surface area contributed by atoms with Crippen LogP contribution in [0, 0.1) is 11.3 Å². The van der Waals surface area contributed by atoms with Gasteiger partial charge in [-0.05, 0) is 92.3 Å². The van der Waals surface area contributed by atoms with Crippen molar-refractivity contribution in [3.05, 3.63) is 129 Å². The van der Waals surface area contributed by atoms with Crippen molar-refractivity contribution in [3.8, 4) is 17.2 Å². The first-order valence-corrected chi connectivity index (χ1v) is 17.8. The number of anilines is 2. The van der Waals surface area contributed by atoms with Crippen LogP contribution in [0.1, 0.15) is 59.9 Å². The lowest BCUT2D eigenvalue weighted by atomic mass is 9.91. The molecule has 10 nitrogen and oxygen atoms in total. The van der Waals surface area contributed by atoms with E-state index in [1.54, 1.807) is 60.2 Å². The molecule has 3 aromatic carbocycles. The van der Waals surface area contributed by atoms with Crippen LogP contribution in [0.4, 0.5) is 11.6 Å². The van der Waals surface area contributed by atoms with Gasteiger partial charge < -0.3 is 10.6 Å². The molecule has 0 radical (unpaired) electrons. The minimum atomic E-state index is -1.32. The fourth-order valence-electron chi connectivity index (χ4n) is 6.94. The van der Waals surface area contributed by atoms with Gasteiger partial charge in [-0.2, -0.15) is 5.26 Å². The van der Waals surface area contributed by atoms with Crippen LogP contribution in [0.15, 0.2) is 91.3 Å². The van der Waals surface area contributed by atoms with Crippen LogP contribution in [0.5, 0.6) is 0 Å². The number of aromatic nitrogens is 3. The lowest BCUT2D eigenvalue weighted by Gasteiger charge is -2.27. The summed E-state index contributed by atoms with van der Waals surface area (Å²) in [5, 5.41) is 16.8. The molecule has 2 aromatic heterocycles. The zero-order valence-corrected chi connectivity index (χ0v) is 30.1. The van der Waals surface area contributed by atoms with E-state index in [9.17, 15) is 19.6 Å². The van der Waals surface area contributed by atoms with E-state index < -0.39 is 22.5 Å². The van der Waals surface area contributed by atoms with Gasteiger partial charge >= 0.3 is 0 Å². The second-order valence-corrected chi connectivity index (χ2v) is 15.1. The molecule has 52 heavy (non-hydrogen) atoms. The van der Waals surface area contributed by atoms with Crippen molar-refractivity contribution in [2.45, 2.75) is 55.6 Å². The number of nitrogens with one attached hydrogen (secondary N) is 2. The van der Waals surface area contributed by atoms with E-state index in [0.717, 1.165) is 35.2 Å². The Hall–Kier alpha value is -5.21. The second-order valence-electron chi connectivity index (χ2n) is 13.8. The lowest BCUT2D eigenvalue weighted by Crippen LogP contribution is -2.52. The Morgan fingerprint density at radius 2 is 1.50 bits per heavy atom. The molecule has 0 unspecified atom stereocenters. The van der Waals surface area contributed by atoms with Crippen LogP contribution in [-0.2, 0) is 27.1 Å². The number of carbonyl (C=O) groups is 3. The summed E-state index contributed by atoms with van der Waals surface area (Å²) in [5.41, 5.74) is 1.40. The monoisotopic (exact) mass is 749 g/mol. The number of pyridine rings is 1. The zero-order chi connectivity index (χ0) is 36.4. The number of amides is 3. The Bertz CT molecular complexity index is 2290. The molecule has 0 bridgehead atoms. The van der Waals surface area contributed by atoms with Crippen molar-refractivity contribution in [2.24, 2.45) is 0 Å². The van der Waals surface area contributed by atoms with Crippen molar-refractivity contribution in [3.63, 3.8) is 0 Å².